The van der Waals surface area contributed by atoms with Gasteiger partial charge in [0, 0.05) is 38.8 Å². The quantitative estimate of drug-likeness (QED) is 0.264. The first-order valence-electron chi connectivity index (χ1n) is 4.93. The Hall–Kier alpha value is -0.430. The molecule has 1 atom stereocenters. The summed E-state index contributed by atoms with van der Waals surface area (Å²) >= 11 is 4.67. The third-order valence-corrected chi connectivity index (χ3v) is 2.48. The van der Waals surface area contributed by atoms with E-state index in [4.69, 9.17) is 5.73 Å². The molecule has 0 aliphatic carbocycles. The van der Waals surface area contributed by atoms with Crippen LogP contribution in [-0.2, 0) is 0 Å². The van der Waals surface area contributed by atoms with Gasteiger partial charge in [0.25, 0.3) is 0 Å². The lowest BCUT2D eigenvalue weighted by Gasteiger charge is -2.33. The van der Waals surface area contributed by atoms with Crippen molar-refractivity contribution >= 4 is 17.3 Å². The highest BCUT2D eigenvalue weighted by molar-refractivity contribution is 7.80. The number of thiocarbonyl (C=S) groups is 1. The number of hydrogen-bond acceptors (Lipinski definition) is 4. The van der Waals surface area contributed by atoms with Crippen molar-refractivity contribution in [3.8, 4) is 0 Å². The van der Waals surface area contributed by atoms with E-state index in [0.29, 0.717) is 11.2 Å². The molecule has 6 heteroatoms. The van der Waals surface area contributed by atoms with Crippen LogP contribution in [0.3, 0.4) is 0 Å². The predicted octanol–water partition coefficient (Wildman–Crippen LogP) is -1.38. The zero-order chi connectivity index (χ0) is 10.4. The Bertz CT molecular complexity index is 187. The van der Waals surface area contributed by atoms with E-state index in [1.165, 1.54) is 0 Å². The summed E-state index contributed by atoms with van der Waals surface area (Å²) in [5.74, 6) is 0. The molecule has 5 N–H and O–H groups in total. The standard InChI is InChI=1S/C8H19N5S/c1-7-6-10-2-4-13(7)5-3-11-12-8(9)14/h7,10-11H,2-6H2,1H3,(H3,9,12,14). The number of nitrogens with zero attached hydrogens (tertiary/aromatic N) is 1. The second kappa shape index (κ2) is 6.13. The van der Waals surface area contributed by atoms with Gasteiger partial charge >= 0.3 is 0 Å². The molecular formula is C8H19N5S. The first kappa shape index (κ1) is 11.6. The molecule has 0 aromatic rings. The number of nitrogens with one attached hydrogen (secondary N) is 3. The minimum Gasteiger partial charge on any atom is -0.375 e. The second-order valence-corrected chi connectivity index (χ2v) is 3.94. The number of hydrogen-bond donors (Lipinski definition) is 4. The highest BCUT2D eigenvalue weighted by atomic mass is 32.1. The van der Waals surface area contributed by atoms with Crippen molar-refractivity contribution < 1.29 is 0 Å². The van der Waals surface area contributed by atoms with Crippen LogP contribution in [-0.4, -0.2) is 48.8 Å². The molecule has 1 saturated heterocycles. The van der Waals surface area contributed by atoms with Crippen molar-refractivity contribution in [3.05, 3.63) is 0 Å². The Morgan fingerprint density at radius 2 is 2.50 bits per heavy atom. The molecule has 0 radical (unpaired) electrons. The maximum absolute atomic E-state index is 5.27. The maximum atomic E-state index is 5.27. The van der Waals surface area contributed by atoms with E-state index in [2.05, 4.69) is 40.2 Å². The molecule has 0 amide bonds. The Kier molecular flexibility index (Phi) is 5.10. The van der Waals surface area contributed by atoms with Gasteiger partial charge in [-0.2, -0.15) is 0 Å². The van der Waals surface area contributed by atoms with Crippen LogP contribution < -0.4 is 21.9 Å². The smallest absolute Gasteiger partial charge is 0.178 e. The highest BCUT2D eigenvalue weighted by Crippen LogP contribution is 1.99. The monoisotopic (exact) mass is 217 g/mol. The summed E-state index contributed by atoms with van der Waals surface area (Å²) in [6.07, 6.45) is 0. The highest BCUT2D eigenvalue weighted by Gasteiger charge is 2.16. The van der Waals surface area contributed by atoms with Crippen molar-refractivity contribution in [2.24, 2.45) is 5.73 Å². The molecule has 1 aliphatic heterocycles. The summed E-state index contributed by atoms with van der Waals surface area (Å²) in [5, 5.41) is 3.64. The van der Waals surface area contributed by atoms with E-state index in [1.54, 1.807) is 0 Å². The van der Waals surface area contributed by atoms with Gasteiger partial charge < -0.3 is 11.1 Å². The largest absolute Gasteiger partial charge is 0.375 e. The van der Waals surface area contributed by atoms with E-state index in [1.807, 2.05) is 0 Å². The fourth-order valence-electron chi connectivity index (χ4n) is 1.56. The molecule has 0 saturated carbocycles. The summed E-state index contributed by atoms with van der Waals surface area (Å²) in [6, 6.07) is 0.607. The topological polar surface area (TPSA) is 65.3 Å². The van der Waals surface area contributed by atoms with E-state index in [-0.39, 0.29) is 0 Å². The summed E-state index contributed by atoms with van der Waals surface area (Å²) in [5.41, 5.74) is 11.0. The SMILES string of the molecule is CC1CNCCN1CCNNC(N)=S. The second-order valence-electron chi connectivity index (χ2n) is 3.51. The van der Waals surface area contributed by atoms with Crippen molar-refractivity contribution in [2.75, 3.05) is 32.7 Å². The van der Waals surface area contributed by atoms with Gasteiger partial charge in [-0.1, -0.05) is 0 Å². The number of piperazine rings is 1. The lowest BCUT2D eigenvalue weighted by Crippen LogP contribution is -2.52. The molecule has 0 aromatic heterocycles. The molecule has 1 rings (SSSR count). The third kappa shape index (κ3) is 4.19. The lowest BCUT2D eigenvalue weighted by atomic mass is 10.2. The third-order valence-electron chi connectivity index (χ3n) is 2.37. The van der Waals surface area contributed by atoms with Crippen LogP contribution in [0.25, 0.3) is 0 Å². The summed E-state index contributed by atoms with van der Waals surface area (Å²) in [7, 11) is 0. The van der Waals surface area contributed by atoms with Crippen molar-refractivity contribution in [1.29, 1.82) is 0 Å². The molecule has 0 spiro atoms. The van der Waals surface area contributed by atoms with Crippen LogP contribution in [0, 0.1) is 0 Å². The fraction of sp³-hybridized carbons (Fsp3) is 0.875. The summed E-state index contributed by atoms with van der Waals surface area (Å²) < 4.78 is 0. The van der Waals surface area contributed by atoms with E-state index in [0.717, 1.165) is 32.7 Å². The van der Waals surface area contributed by atoms with E-state index in [9.17, 15) is 0 Å². The lowest BCUT2D eigenvalue weighted by molar-refractivity contribution is 0.174. The molecule has 5 nitrogen and oxygen atoms in total. The zero-order valence-corrected chi connectivity index (χ0v) is 9.36. The van der Waals surface area contributed by atoms with Crippen LogP contribution in [0.2, 0.25) is 0 Å². The van der Waals surface area contributed by atoms with Gasteiger partial charge in [-0.15, -0.1) is 0 Å². The van der Waals surface area contributed by atoms with Crippen LogP contribution in [0.1, 0.15) is 6.92 Å². The van der Waals surface area contributed by atoms with Crippen molar-refractivity contribution in [2.45, 2.75) is 13.0 Å². The first-order chi connectivity index (χ1) is 6.70. The Balaban J connectivity index is 2.07. The molecule has 1 aliphatic rings. The summed E-state index contributed by atoms with van der Waals surface area (Å²) in [4.78, 5) is 2.44. The number of nitrogens with two attached hydrogens (primary N) is 1. The van der Waals surface area contributed by atoms with Crippen molar-refractivity contribution in [3.63, 3.8) is 0 Å². The fourth-order valence-corrected chi connectivity index (χ4v) is 1.64. The number of hydrazine groups is 1. The predicted molar refractivity (Wildman–Crippen MR) is 61.8 cm³/mol. The van der Waals surface area contributed by atoms with Gasteiger partial charge in [-0.25, -0.2) is 5.43 Å². The van der Waals surface area contributed by atoms with Gasteiger partial charge in [0.05, 0.1) is 0 Å². The maximum Gasteiger partial charge on any atom is 0.178 e. The van der Waals surface area contributed by atoms with Gasteiger partial charge in [-0.05, 0) is 19.1 Å². The minimum absolute atomic E-state index is 0.290. The van der Waals surface area contributed by atoms with Crippen molar-refractivity contribution in [1.82, 2.24) is 21.1 Å². The Morgan fingerprint density at radius 3 is 3.14 bits per heavy atom. The molecule has 1 unspecified atom stereocenters. The van der Waals surface area contributed by atoms with Crippen LogP contribution in [0.5, 0.6) is 0 Å². The van der Waals surface area contributed by atoms with Crippen LogP contribution in [0.15, 0.2) is 0 Å². The Labute approximate surface area is 90.4 Å². The molecule has 82 valence electrons. The van der Waals surface area contributed by atoms with E-state index >= 15 is 0 Å². The Morgan fingerprint density at radius 1 is 1.71 bits per heavy atom. The average molecular weight is 217 g/mol. The minimum atomic E-state index is 0.290. The first-order valence-corrected chi connectivity index (χ1v) is 5.34. The molecule has 0 aromatic carbocycles. The zero-order valence-electron chi connectivity index (χ0n) is 8.55. The van der Waals surface area contributed by atoms with E-state index < -0.39 is 0 Å². The summed E-state index contributed by atoms with van der Waals surface area (Å²) in [6.45, 7) is 7.35. The molecule has 14 heavy (non-hydrogen) atoms. The van der Waals surface area contributed by atoms with Crippen LogP contribution in [0.4, 0.5) is 0 Å². The van der Waals surface area contributed by atoms with Gasteiger partial charge in [0.1, 0.15) is 0 Å². The normalized spacial score (nSPS) is 23.4. The van der Waals surface area contributed by atoms with Gasteiger partial charge in [0.15, 0.2) is 5.11 Å². The number of rotatable bonds is 4. The average Bonchev–Trinajstić information content (AvgIpc) is 2.15. The molecule has 1 fully saturated rings. The van der Waals surface area contributed by atoms with Gasteiger partial charge in [-0.3, -0.25) is 10.3 Å². The molecular weight excluding hydrogens is 198 g/mol. The van der Waals surface area contributed by atoms with Gasteiger partial charge in [0.2, 0.25) is 0 Å². The van der Waals surface area contributed by atoms with Crippen LogP contribution >= 0.6 is 12.2 Å². The molecule has 0 bridgehead atoms. The molecule has 1 heterocycles.